The maximum absolute atomic E-state index is 12.7. The van der Waals surface area contributed by atoms with Gasteiger partial charge >= 0.3 is 6.18 Å². The highest BCUT2D eigenvalue weighted by molar-refractivity contribution is 7.14. The van der Waals surface area contributed by atoms with Crippen molar-refractivity contribution >= 4 is 28.4 Å². The molecule has 136 valence electrons. The number of rotatable bonds is 2. The fourth-order valence-electron chi connectivity index (χ4n) is 3.32. The number of alkyl halides is 3. The summed E-state index contributed by atoms with van der Waals surface area (Å²) >= 11 is 0.492. The number of aromatic nitrogens is 3. The van der Waals surface area contributed by atoms with E-state index in [1.165, 1.54) is 6.07 Å². The van der Waals surface area contributed by atoms with Crippen LogP contribution in [0.2, 0.25) is 0 Å². The minimum absolute atomic E-state index is 0.0419. The lowest BCUT2D eigenvalue weighted by Gasteiger charge is -2.15. The highest BCUT2D eigenvalue weighted by Crippen LogP contribution is 2.36. The summed E-state index contributed by atoms with van der Waals surface area (Å²) in [7, 11) is 1.89. The van der Waals surface area contributed by atoms with E-state index in [1.54, 1.807) is 11.1 Å². The molecule has 0 N–H and O–H groups in total. The molecule has 0 unspecified atom stereocenters. The van der Waals surface area contributed by atoms with Crippen molar-refractivity contribution in [3.63, 3.8) is 0 Å². The Bertz CT molecular complexity index is 978. The van der Waals surface area contributed by atoms with E-state index in [4.69, 9.17) is 0 Å². The number of carbonyl (C=O) groups excluding carboxylic acids is 1. The third kappa shape index (κ3) is 2.86. The summed E-state index contributed by atoms with van der Waals surface area (Å²) in [5, 5.41) is 0. The number of aryl methyl sites for hydroxylation is 1. The standard InChI is InChI=1S/C17H15F3N4OS/c1-23-14(22-11-3-2-7-21-15(11)23)10-6-8-24(9-10)16(25)12-4-5-13(26-12)17(18,19)20/h2-5,7,10H,6,8-9H2,1H3/t10-/m1/s1. The van der Waals surface area contributed by atoms with Gasteiger partial charge < -0.3 is 9.47 Å². The molecule has 0 radical (unpaired) electrons. The van der Waals surface area contributed by atoms with Gasteiger partial charge in [-0.05, 0) is 30.7 Å². The van der Waals surface area contributed by atoms with Crippen molar-refractivity contribution in [2.45, 2.75) is 18.5 Å². The Morgan fingerprint density at radius 3 is 2.81 bits per heavy atom. The molecule has 1 atom stereocenters. The van der Waals surface area contributed by atoms with E-state index in [0.29, 0.717) is 24.4 Å². The molecule has 0 aromatic carbocycles. The van der Waals surface area contributed by atoms with Gasteiger partial charge in [0.2, 0.25) is 0 Å². The molecule has 3 aromatic heterocycles. The van der Waals surface area contributed by atoms with Crippen LogP contribution < -0.4 is 0 Å². The van der Waals surface area contributed by atoms with Crippen molar-refractivity contribution in [2.24, 2.45) is 7.05 Å². The zero-order valence-corrected chi connectivity index (χ0v) is 14.6. The van der Waals surface area contributed by atoms with E-state index in [-0.39, 0.29) is 16.7 Å². The van der Waals surface area contributed by atoms with Gasteiger partial charge in [-0.3, -0.25) is 4.79 Å². The minimum Gasteiger partial charge on any atom is -0.337 e. The molecule has 1 fully saturated rings. The second-order valence-electron chi connectivity index (χ2n) is 6.27. The van der Waals surface area contributed by atoms with Gasteiger partial charge in [-0.25, -0.2) is 9.97 Å². The van der Waals surface area contributed by atoms with Gasteiger partial charge in [0.25, 0.3) is 5.91 Å². The molecule has 5 nitrogen and oxygen atoms in total. The first-order valence-corrected chi connectivity index (χ1v) is 8.90. The largest absolute Gasteiger partial charge is 0.425 e. The summed E-state index contributed by atoms with van der Waals surface area (Å²) in [5.41, 5.74) is 1.57. The maximum atomic E-state index is 12.7. The SMILES string of the molecule is Cn1c([C@@H]2CCN(C(=O)c3ccc(C(F)(F)F)s3)C2)nc2cccnc21. The summed E-state index contributed by atoms with van der Waals surface area (Å²) in [5.74, 6) is 0.529. The lowest BCUT2D eigenvalue weighted by Crippen LogP contribution is -2.28. The molecule has 1 aliphatic heterocycles. The summed E-state index contributed by atoms with van der Waals surface area (Å²) < 4.78 is 40.1. The highest BCUT2D eigenvalue weighted by atomic mass is 32.1. The van der Waals surface area contributed by atoms with Gasteiger partial charge in [-0.1, -0.05) is 0 Å². The van der Waals surface area contributed by atoms with Gasteiger partial charge in [0.15, 0.2) is 5.65 Å². The van der Waals surface area contributed by atoms with Crippen LogP contribution in [0.15, 0.2) is 30.5 Å². The molecule has 4 rings (SSSR count). The van der Waals surface area contributed by atoms with Crippen LogP contribution in [0.1, 0.15) is 32.7 Å². The first kappa shape index (κ1) is 17.0. The average Bonchev–Trinajstić information content (AvgIpc) is 3.32. The Balaban J connectivity index is 1.53. The van der Waals surface area contributed by atoms with Crippen LogP contribution in [0.25, 0.3) is 11.2 Å². The molecule has 9 heteroatoms. The Hall–Kier alpha value is -2.42. The summed E-state index contributed by atoms with van der Waals surface area (Å²) in [6.07, 6.45) is -2.00. The number of imidazole rings is 1. The second-order valence-corrected chi connectivity index (χ2v) is 7.36. The van der Waals surface area contributed by atoms with Crippen molar-refractivity contribution in [1.82, 2.24) is 19.4 Å². The number of carbonyl (C=O) groups is 1. The third-order valence-electron chi connectivity index (χ3n) is 4.60. The molecule has 26 heavy (non-hydrogen) atoms. The Labute approximate surface area is 151 Å². The first-order valence-electron chi connectivity index (χ1n) is 8.08. The van der Waals surface area contributed by atoms with E-state index in [1.807, 2.05) is 23.7 Å². The Morgan fingerprint density at radius 2 is 2.12 bits per heavy atom. The fourth-order valence-corrected chi connectivity index (χ4v) is 4.16. The van der Waals surface area contributed by atoms with Crippen LogP contribution in [0.5, 0.6) is 0 Å². The van der Waals surface area contributed by atoms with Crippen LogP contribution >= 0.6 is 11.3 Å². The molecule has 3 aromatic rings. The van der Waals surface area contributed by atoms with Crippen LogP contribution in [-0.4, -0.2) is 38.4 Å². The number of hydrogen-bond acceptors (Lipinski definition) is 4. The van der Waals surface area contributed by atoms with Gasteiger partial charge in [0.1, 0.15) is 16.2 Å². The summed E-state index contributed by atoms with van der Waals surface area (Å²) in [6, 6.07) is 5.91. The highest BCUT2D eigenvalue weighted by Gasteiger charge is 2.35. The van der Waals surface area contributed by atoms with Gasteiger partial charge in [0.05, 0.1) is 4.88 Å². The second kappa shape index (κ2) is 6.08. The first-order chi connectivity index (χ1) is 12.3. The quantitative estimate of drug-likeness (QED) is 0.682. The molecule has 0 aliphatic carbocycles. The van der Waals surface area contributed by atoms with Crippen LogP contribution in [0.4, 0.5) is 13.2 Å². The maximum Gasteiger partial charge on any atom is 0.425 e. The van der Waals surface area contributed by atoms with Crippen molar-refractivity contribution in [3.8, 4) is 0 Å². The number of likely N-dealkylation sites (tertiary alicyclic amines) is 1. The van der Waals surface area contributed by atoms with E-state index < -0.39 is 11.1 Å². The predicted octanol–water partition coefficient (Wildman–Crippen LogP) is 3.68. The van der Waals surface area contributed by atoms with E-state index >= 15 is 0 Å². The molecule has 1 saturated heterocycles. The van der Waals surface area contributed by atoms with Crippen molar-refractivity contribution in [3.05, 3.63) is 46.0 Å². The molecule has 0 spiro atoms. The van der Waals surface area contributed by atoms with Crippen LogP contribution in [0, 0.1) is 0 Å². The molecule has 1 aliphatic rings. The number of halogens is 3. The topological polar surface area (TPSA) is 51.0 Å². The molecular weight excluding hydrogens is 365 g/mol. The van der Waals surface area contributed by atoms with Gasteiger partial charge in [-0.2, -0.15) is 13.2 Å². The van der Waals surface area contributed by atoms with Gasteiger partial charge in [0, 0.05) is 32.3 Å². The lowest BCUT2D eigenvalue weighted by molar-refractivity contribution is -0.134. The molecule has 0 saturated carbocycles. The molecule has 1 amide bonds. The molecular formula is C17H15F3N4OS. The van der Waals surface area contributed by atoms with Crippen molar-refractivity contribution in [2.75, 3.05) is 13.1 Å². The van der Waals surface area contributed by atoms with E-state index in [2.05, 4.69) is 9.97 Å². The predicted molar refractivity (Wildman–Crippen MR) is 91.1 cm³/mol. The van der Waals surface area contributed by atoms with Crippen molar-refractivity contribution in [1.29, 1.82) is 0 Å². The fraction of sp³-hybridized carbons (Fsp3) is 0.353. The third-order valence-corrected chi connectivity index (χ3v) is 5.72. The van der Waals surface area contributed by atoms with E-state index in [0.717, 1.165) is 29.5 Å². The summed E-state index contributed by atoms with van der Waals surface area (Å²) in [4.78, 5) is 22.4. The zero-order chi connectivity index (χ0) is 18.5. The lowest BCUT2D eigenvalue weighted by atomic mass is 10.1. The van der Waals surface area contributed by atoms with Crippen LogP contribution in [0.3, 0.4) is 0 Å². The number of fused-ring (bicyclic) bond motifs is 1. The zero-order valence-electron chi connectivity index (χ0n) is 13.8. The summed E-state index contributed by atoms with van der Waals surface area (Å²) in [6.45, 7) is 0.939. The molecule has 0 bridgehead atoms. The Morgan fingerprint density at radius 1 is 1.31 bits per heavy atom. The normalized spacial score (nSPS) is 18.0. The van der Waals surface area contributed by atoms with Crippen LogP contribution in [-0.2, 0) is 13.2 Å². The van der Waals surface area contributed by atoms with Gasteiger partial charge in [-0.15, -0.1) is 11.3 Å². The number of pyridine rings is 1. The number of thiophene rings is 1. The average molecular weight is 380 g/mol. The number of amides is 1. The Kier molecular flexibility index (Phi) is 3.98. The molecule has 4 heterocycles. The number of hydrogen-bond donors (Lipinski definition) is 0. The minimum atomic E-state index is -4.42. The number of nitrogens with zero attached hydrogens (tertiary/aromatic N) is 4. The smallest absolute Gasteiger partial charge is 0.337 e. The van der Waals surface area contributed by atoms with Crippen molar-refractivity contribution < 1.29 is 18.0 Å². The van der Waals surface area contributed by atoms with E-state index in [9.17, 15) is 18.0 Å². The monoisotopic (exact) mass is 380 g/mol.